The molecule has 2 N–H and O–H groups in total. The second-order valence-corrected chi connectivity index (χ2v) is 17.0. The highest BCUT2D eigenvalue weighted by Gasteiger charge is 2.42. The zero-order chi connectivity index (χ0) is 41.6. The molecule has 0 bridgehead atoms. The van der Waals surface area contributed by atoms with Crippen LogP contribution in [0.3, 0.4) is 0 Å². The van der Waals surface area contributed by atoms with Gasteiger partial charge in [-0.25, -0.2) is 9.67 Å². The summed E-state index contributed by atoms with van der Waals surface area (Å²) in [6.07, 6.45) is -1.12. The maximum Gasteiger partial charge on any atom is 0.435 e. The van der Waals surface area contributed by atoms with Crippen molar-refractivity contribution in [2.45, 2.75) is 19.0 Å². The van der Waals surface area contributed by atoms with E-state index in [2.05, 4.69) is 20.7 Å². The van der Waals surface area contributed by atoms with Gasteiger partial charge in [-0.05, 0) is 35.7 Å². The highest BCUT2D eigenvalue weighted by molar-refractivity contribution is 7.21. The average molecular weight is 852 g/mol. The van der Waals surface area contributed by atoms with Gasteiger partial charge >= 0.3 is 6.18 Å². The van der Waals surface area contributed by atoms with Crippen LogP contribution in [0.25, 0.3) is 26.3 Å². The maximum absolute atomic E-state index is 14.3. The number of benzene rings is 2. The summed E-state index contributed by atoms with van der Waals surface area (Å²) < 4.78 is 46.5. The molecular formula is C40H41ClF3N9O5S. The summed E-state index contributed by atoms with van der Waals surface area (Å²) in [7, 11) is 1.44. The number of nitrogens with one attached hydrogen (secondary N) is 2. The average Bonchev–Trinajstić information content (AvgIpc) is 3.93. The standard InChI is InChI=1S/C40H41ClF3N9O5S/c1-49-31(29-21-52(48-35(29)40(42,43)44)33-16-26-4-2-3-5-32(26)59-33)20-46-36(49)37(56)47-27-6-7-28(30(41)17-27)39(58)51-12-10-50(11-13-51)38(57)25-8-14-53(15-9-25,23-34(54)55)22-24-18-45-19-24/h2-7,16-17,20-21,24-25,45H,8-15,18-19,22-23H2,1H3,(H-,47,54,55,56,58). The van der Waals surface area contributed by atoms with Gasteiger partial charge in [0.05, 0.1) is 53.6 Å². The molecule has 6 heterocycles. The molecule has 5 aromatic rings. The van der Waals surface area contributed by atoms with Crippen molar-refractivity contribution in [2.75, 3.05) is 70.8 Å². The number of aromatic nitrogens is 4. The molecule has 2 aromatic carbocycles. The normalized spacial score (nSPS) is 20.1. The van der Waals surface area contributed by atoms with Gasteiger partial charge in [-0.2, -0.15) is 18.3 Å². The number of carbonyl (C=O) groups is 4. The van der Waals surface area contributed by atoms with Gasteiger partial charge in [-0.3, -0.25) is 14.4 Å². The number of piperazine rings is 1. The fourth-order valence-corrected chi connectivity index (χ4v) is 9.66. The number of rotatable bonds is 10. The zero-order valence-electron chi connectivity index (χ0n) is 32.0. The minimum absolute atomic E-state index is 0.0228. The molecule has 0 atom stereocenters. The van der Waals surface area contributed by atoms with Gasteiger partial charge in [0.15, 0.2) is 11.5 Å². The van der Waals surface area contributed by atoms with Crippen molar-refractivity contribution in [3.8, 4) is 16.3 Å². The molecule has 3 aliphatic rings. The van der Waals surface area contributed by atoms with Crippen molar-refractivity contribution in [1.29, 1.82) is 0 Å². The molecule has 14 nitrogen and oxygen atoms in total. The van der Waals surface area contributed by atoms with E-state index in [4.69, 9.17) is 11.6 Å². The quantitative estimate of drug-likeness (QED) is 0.201. The number of alkyl halides is 3. The second kappa shape index (κ2) is 16.0. The van der Waals surface area contributed by atoms with E-state index in [1.54, 1.807) is 15.9 Å². The Morgan fingerprint density at radius 3 is 2.37 bits per heavy atom. The lowest BCUT2D eigenvalue weighted by Gasteiger charge is -2.47. The SMILES string of the molecule is Cn1c(-c2cn(-c3cc4ccccc4s3)nc2C(F)(F)F)cnc1C(=O)Nc1ccc(C(=O)N2CCN(C(=O)C3CC[N+](CC(=O)[O-])(CC4CNC4)CC3)CC2)c(Cl)c1. The van der Waals surface area contributed by atoms with Crippen LogP contribution in [0.15, 0.2) is 60.9 Å². The number of halogens is 4. The van der Waals surface area contributed by atoms with E-state index in [9.17, 15) is 37.5 Å². The first-order valence-electron chi connectivity index (χ1n) is 19.3. The van der Waals surface area contributed by atoms with Gasteiger partial charge in [0.1, 0.15) is 11.5 Å². The number of nitrogens with zero attached hydrogens (tertiary/aromatic N) is 7. The molecule has 0 spiro atoms. The van der Waals surface area contributed by atoms with E-state index in [-0.39, 0.29) is 57.6 Å². The monoisotopic (exact) mass is 851 g/mol. The Kier molecular flexibility index (Phi) is 11.0. The van der Waals surface area contributed by atoms with E-state index in [0.29, 0.717) is 67.5 Å². The Labute approximate surface area is 345 Å². The number of thiophene rings is 1. The first-order chi connectivity index (χ1) is 28.2. The van der Waals surface area contributed by atoms with Gasteiger partial charge in [0.25, 0.3) is 11.8 Å². The van der Waals surface area contributed by atoms with Crippen molar-refractivity contribution in [1.82, 2.24) is 34.4 Å². The number of amides is 3. The molecule has 3 aromatic heterocycles. The number of quaternary nitrogens is 1. The van der Waals surface area contributed by atoms with Gasteiger partial charge in [0, 0.05) is 87.6 Å². The second-order valence-electron chi connectivity index (χ2n) is 15.5. The molecule has 310 valence electrons. The molecule has 8 rings (SSSR count). The third-order valence-electron chi connectivity index (χ3n) is 11.7. The highest BCUT2D eigenvalue weighted by Crippen LogP contribution is 2.38. The fraction of sp³-hybridized carbons (Fsp3) is 0.400. The largest absolute Gasteiger partial charge is 0.544 e. The lowest BCUT2D eigenvalue weighted by molar-refractivity contribution is -0.931. The molecule has 3 aliphatic heterocycles. The summed E-state index contributed by atoms with van der Waals surface area (Å²) >= 11 is 7.86. The van der Waals surface area contributed by atoms with Crippen LogP contribution in [-0.2, 0) is 22.8 Å². The smallest absolute Gasteiger partial charge is 0.435 e. The van der Waals surface area contributed by atoms with Gasteiger partial charge in [-0.1, -0.05) is 29.8 Å². The Morgan fingerprint density at radius 2 is 1.73 bits per heavy atom. The molecule has 0 aliphatic carbocycles. The minimum atomic E-state index is -4.79. The molecule has 59 heavy (non-hydrogen) atoms. The lowest BCUT2D eigenvalue weighted by atomic mass is 9.90. The van der Waals surface area contributed by atoms with E-state index in [0.717, 1.165) is 29.7 Å². The Hall–Kier alpha value is -5.30. The van der Waals surface area contributed by atoms with Crippen molar-refractivity contribution in [3.63, 3.8) is 0 Å². The number of aliphatic carboxylic acids is 1. The van der Waals surface area contributed by atoms with E-state index >= 15 is 0 Å². The highest BCUT2D eigenvalue weighted by atomic mass is 35.5. The van der Waals surface area contributed by atoms with E-state index in [1.807, 2.05) is 24.3 Å². The number of anilines is 1. The summed E-state index contributed by atoms with van der Waals surface area (Å²) in [4.78, 5) is 59.5. The van der Waals surface area contributed by atoms with Crippen LogP contribution in [0.5, 0.6) is 0 Å². The van der Waals surface area contributed by atoms with Gasteiger partial charge < -0.3 is 39.4 Å². The van der Waals surface area contributed by atoms with Crippen LogP contribution in [-0.4, -0.2) is 123 Å². The van der Waals surface area contributed by atoms with E-state index < -0.39 is 23.7 Å². The van der Waals surface area contributed by atoms with Crippen LogP contribution >= 0.6 is 22.9 Å². The molecule has 3 fully saturated rings. The minimum Gasteiger partial charge on any atom is -0.544 e. The molecule has 19 heteroatoms. The van der Waals surface area contributed by atoms with Gasteiger partial charge in [-0.15, -0.1) is 11.3 Å². The molecule has 3 amide bonds. The third-order valence-corrected chi connectivity index (χ3v) is 13.1. The lowest BCUT2D eigenvalue weighted by Crippen LogP contribution is -2.63. The summed E-state index contributed by atoms with van der Waals surface area (Å²) in [5.74, 6) is -2.03. The summed E-state index contributed by atoms with van der Waals surface area (Å²) in [6, 6.07) is 13.6. The number of likely N-dealkylation sites (tertiary alicyclic amines) is 1. The summed E-state index contributed by atoms with van der Waals surface area (Å²) in [5, 5.41) is 22.8. The van der Waals surface area contributed by atoms with Crippen molar-refractivity contribution < 1.29 is 41.9 Å². The molecular weight excluding hydrogens is 811 g/mol. The van der Waals surface area contributed by atoms with Crippen molar-refractivity contribution in [2.24, 2.45) is 18.9 Å². The molecule has 0 radical (unpaired) electrons. The number of carboxylic acid groups (broad SMARTS) is 1. The molecule has 0 unspecified atom stereocenters. The number of hydrogen-bond donors (Lipinski definition) is 2. The predicted octanol–water partition coefficient (Wildman–Crippen LogP) is 3.89. The number of hydrogen-bond acceptors (Lipinski definition) is 9. The van der Waals surface area contributed by atoms with Crippen LogP contribution in [0, 0.1) is 11.8 Å². The summed E-state index contributed by atoms with van der Waals surface area (Å²) in [6.45, 7) is 4.99. The van der Waals surface area contributed by atoms with Crippen LogP contribution in [0.2, 0.25) is 5.02 Å². The van der Waals surface area contributed by atoms with Crippen LogP contribution in [0.4, 0.5) is 18.9 Å². The summed E-state index contributed by atoms with van der Waals surface area (Å²) in [5.41, 5.74) is -0.895. The Balaban J connectivity index is 0.883. The van der Waals surface area contributed by atoms with Gasteiger partial charge in [0.2, 0.25) is 5.91 Å². The topological polar surface area (TPSA) is 158 Å². The first kappa shape index (κ1) is 40.5. The van der Waals surface area contributed by atoms with Crippen molar-refractivity contribution >= 4 is 62.4 Å². The number of piperidine rings is 1. The fourth-order valence-electron chi connectivity index (χ4n) is 8.41. The molecule has 3 saturated heterocycles. The zero-order valence-corrected chi connectivity index (χ0v) is 33.6. The number of carboxylic acids is 1. The Bertz CT molecular complexity index is 2390. The predicted molar refractivity (Wildman–Crippen MR) is 212 cm³/mol. The Morgan fingerprint density at radius 1 is 1.02 bits per heavy atom. The number of imidazole rings is 1. The first-order valence-corrected chi connectivity index (χ1v) is 20.5. The maximum atomic E-state index is 14.3. The van der Waals surface area contributed by atoms with Crippen molar-refractivity contribution in [3.05, 3.63) is 83.0 Å². The van der Waals surface area contributed by atoms with Crippen LogP contribution in [0.1, 0.15) is 39.5 Å². The number of carbonyl (C=O) groups excluding carboxylic acids is 4. The van der Waals surface area contributed by atoms with E-state index in [1.165, 1.54) is 58.2 Å². The van der Waals surface area contributed by atoms with Crippen LogP contribution < -0.4 is 15.7 Å². The third kappa shape index (κ3) is 8.31. The number of fused-ring (bicyclic) bond motifs is 1. The molecule has 0 saturated carbocycles.